The topological polar surface area (TPSA) is 200 Å². The molecule has 9 N–H and O–H groups in total. The molecule has 0 saturated heterocycles. The fraction of sp³-hybridized carbons (Fsp3) is 0.615. The first-order valence-corrected chi connectivity index (χ1v) is 7.32. The van der Waals surface area contributed by atoms with Crippen LogP contribution in [0.2, 0.25) is 0 Å². The molecule has 0 radical (unpaired) electrons. The maximum Gasteiger partial charge on any atom is 0.303 e. The molecular weight excluding hydrogens is 320 g/mol. The molecule has 0 aliphatic heterocycles. The van der Waals surface area contributed by atoms with Crippen LogP contribution in [0.25, 0.3) is 0 Å². The van der Waals surface area contributed by atoms with Crippen molar-refractivity contribution in [1.82, 2.24) is 16.0 Å². The minimum atomic E-state index is -1.12. The van der Waals surface area contributed by atoms with Crippen LogP contribution < -0.4 is 27.4 Å². The van der Waals surface area contributed by atoms with E-state index >= 15 is 0 Å². The van der Waals surface area contributed by atoms with Crippen LogP contribution in [0.15, 0.2) is 0 Å². The Bertz CT molecular complexity index is 495. The maximum absolute atomic E-state index is 11.9. The average Bonchev–Trinajstić information content (AvgIpc) is 2.46. The Morgan fingerprint density at radius 1 is 1.12 bits per heavy atom. The fourth-order valence-corrected chi connectivity index (χ4v) is 1.70. The van der Waals surface area contributed by atoms with E-state index in [4.69, 9.17) is 22.0 Å². The van der Waals surface area contributed by atoms with Gasteiger partial charge in [-0.3, -0.25) is 24.6 Å². The predicted molar refractivity (Wildman–Crippen MR) is 84.8 cm³/mol. The monoisotopic (exact) mass is 344 g/mol. The summed E-state index contributed by atoms with van der Waals surface area (Å²) in [6, 6.07) is -2.03. The highest BCUT2D eigenvalue weighted by Crippen LogP contribution is 1.98. The zero-order chi connectivity index (χ0) is 18.7. The smallest absolute Gasteiger partial charge is 0.303 e. The number of nitrogens with two attached hydrogens (primary N) is 2. The van der Waals surface area contributed by atoms with Crippen molar-refractivity contribution in [3.05, 3.63) is 0 Å². The Kier molecular flexibility index (Phi) is 9.52. The van der Waals surface area contributed by atoms with E-state index in [0.29, 0.717) is 13.0 Å². The van der Waals surface area contributed by atoms with E-state index in [9.17, 15) is 19.2 Å². The molecule has 0 unspecified atom stereocenters. The van der Waals surface area contributed by atoms with Crippen LogP contribution in [0.4, 0.5) is 0 Å². The molecule has 0 aliphatic rings. The van der Waals surface area contributed by atoms with Gasteiger partial charge < -0.3 is 32.5 Å². The second-order valence-electron chi connectivity index (χ2n) is 5.13. The molecule has 0 aromatic carbocycles. The van der Waals surface area contributed by atoms with E-state index in [0.717, 1.165) is 0 Å². The highest BCUT2D eigenvalue weighted by molar-refractivity contribution is 5.91. The lowest BCUT2D eigenvalue weighted by molar-refractivity contribution is -0.137. The van der Waals surface area contributed by atoms with Crippen LogP contribution in [0.1, 0.15) is 32.6 Å². The molecule has 0 heterocycles. The van der Waals surface area contributed by atoms with Gasteiger partial charge in [0, 0.05) is 19.4 Å². The van der Waals surface area contributed by atoms with Crippen LogP contribution in [-0.2, 0) is 19.2 Å². The first-order chi connectivity index (χ1) is 11.1. The largest absolute Gasteiger partial charge is 0.481 e. The normalized spacial score (nSPS) is 12.5. The zero-order valence-electron chi connectivity index (χ0n) is 13.4. The quantitative estimate of drug-likeness (QED) is 0.123. The minimum absolute atomic E-state index is 0.121. The molecule has 0 rings (SSSR count). The SMILES string of the molecule is C[C@H](NC(=O)CCCNC(=N)N)C(=O)N[C@@H](CCC(=O)O)C(N)=O. The van der Waals surface area contributed by atoms with Gasteiger partial charge in [0.2, 0.25) is 17.7 Å². The van der Waals surface area contributed by atoms with Crippen molar-refractivity contribution in [1.29, 1.82) is 5.41 Å². The third-order valence-corrected chi connectivity index (χ3v) is 2.97. The Hall–Kier alpha value is -2.85. The number of carbonyl (C=O) groups excluding carboxylic acids is 3. The predicted octanol–water partition coefficient (Wildman–Crippen LogP) is -2.41. The maximum atomic E-state index is 11.9. The second-order valence-corrected chi connectivity index (χ2v) is 5.13. The molecule has 0 spiro atoms. The Balaban J connectivity index is 4.27. The lowest BCUT2D eigenvalue weighted by atomic mass is 10.1. The number of aliphatic carboxylic acids is 1. The van der Waals surface area contributed by atoms with Crippen molar-refractivity contribution >= 4 is 29.7 Å². The molecule has 0 fully saturated rings. The van der Waals surface area contributed by atoms with E-state index in [1.165, 1.54) is 6.92 Å². The van der Waals surface area contributed by atoms with Gasteiger partial charge in [0.25, 0.3) is 0 Å². The van der Waals surface area contributed by atoms with Gasteiger partial charge in [-0.25, -0.2) is 0 Å². The van der Waals surface area contributed by atoms with Crippen molar-refractivity contribution < 1.29 is 24.3 Å². The van der Waals surface area contributed by atoms with Crippen molar-refractivity contribution in [2.75, 3.05) is 6.54 Å². The van der Waals surface area contributed by atoms with Crippen LogP contribution in [0.3, 0.4) is 0 Å². The summed E-state index contributed by atoms with van der Waals surface area (Å²) >= 11 is 0. The summed E-state index contributed by atoms with van der Waals surface area (Å²) in [4.78, 5) is 45.3. The van der Waals surface area contributed by atoms with Crippen LogP contribution in [0, 0.1) is 5.41 Å². The number of carbonyl (C=O) groups is 4. The van der Waals surface area contributed by atoms with Crippen LogP contribution in [-0.4, -0.2) is 53.4 Å². The van der Waals surface area contributed by atoms with Crippen molar-refractivity contribution in [3.8, 4) is 0 Å². The van der Waals surface area contributed by atoms with Gasteiger partial charge in [-0.1, -0.05) is 0 Å². The lowest BCUT2D eigenvalue weighted by Crippen LogP contribution is -2.52. The number of hydrogen-bond acceptors (Lipinski definition) is 5. The Labute approximate surface area is 139 Å². The molecule has 24 heavy (non-hydrogen) atoms. The lowest BCUT2D eigenvalue weighted by Gasteiger charge is -2.19. The third-order valence-electron chi connectivity index (χ3n) is 2.97. The highest BCUT2D eigenvalue weighted by atomic mass is 16.4. The van der Waals surface area contributed by atoms with Crippen molar-refractivity contribution in [3.63, 3.8) is 0 Å². The molecule has 0 bridgehead atoms. The molecule has 0 saturated carbocycles. The summed E-state index contributed by atoms with van der Waals surface area (Å²) in [5, 5.41) is 22.8. The van der Waals surface area contributed by atoms with Crippen molar-refractivity contribution in [2.24, 2.45) is 11.5 Å². The summed E-state index contributed by atoms with van der Waals surface area (Å²) < 4.78 is 0. The summed E-state index contributed by atoms with van der Waals surface area (Å²) in [7, 11) is 0. The van der Waals surface area contributed by atoms with E-state index in [1.54, 1.807) is 0 Å². The van der Waals surface area contributed by atoms with E-state index in [2.05, 4.69) is 16.0 Å². The molecule has 136 valence electrons. The zero-order valence-corrected chi connectivity index (χ0v) is 13.4. The van der Waals surface area contributed by atoms with Gasteiger partial charge >= 0.3 is 5.97 Å². The standard InChI is InChI=1S/C13H24N6O5/c1-7(18-9(20)3-2-6-17-13(15)16)12(24)19-8(11(14)23)4-5-10(21)22/h7-8H,2-6H2,1H3,(H2,14,23)(H,18,20)(H,19,24)(H,21,22)(H4,15,16,17)/t7-,8-/m0/s1. The molecular formula is C13H24N6O5. The minimum Gasteiger partial charge on any atom is -0.481 e. The Morgan fingerprint density at radius 2 is 1.75 bits per heavy atom. The van der Waals surface area contributed by atoms with E-state index in [-0.39, 0.29) is 31.1 Å². The fourth-order valence-electron chi connectivity index (χ4n) is 1.70. The third kappa shape index (κ3) is 9.97. The van der Waals surface area contributed by atoms with Crippen molar-refractivity contribution in [2.45, 2.75) is 44.7 Å². The highest BCUT2D eigenvalue weighted by Gasteiger charge is 2.23. The van der Waals surface area contributed by atoms with Gasteiger partial charge in [-0.05, 0) is 19.8 Å². The van der Waals surface area contributed by atoms with Crippen LogP contribution in [0.5, 0.6) is 0 Å². The van der Waals surface area contributed by atoms with Gasteiger partial charge in [-0.15, -0.1) is 0 Å². The molecule has 0 aromatic rings. The van der Waals surface area contributed by atoms with Gasteiger partial charge in [0.05, 0.1) is 0 Å². The molecule has 11 heteroatoms. The number of carboxylic acids is 1. The summed E-state index contributed by atoms with van der Waals surface area (Å²) in [6.07, 6.45) is 0.0873. The number of guanidine groups is 1. The van der Waals surface area contributed by atoms with Crippen LogP contribution >= 0.6 is 0 Å². The summed E-state index contributed by atoms with van der Waals surface area (Å²) in [5.74, 6) is -3.18. The van der Waals surface area contributed by atoms with Gasteiger partial charge in [-0.2, -0.15) is 0 Å². The first kappa shape index (κ1) is 21.1. The molecule has 0 aromatic heterocycles. The van der Waals surface area contributed by atoms with E-state index < -0.39 is 29.9 Å². The Morgan fingerprint density at radius 3 is 2.25 bits per heavy atom. The van der Waals surface area contributed by atoms with E-state index in [1.807, 2.05) is 0 Å². The van der Waals surface area contributed by atoms with Gasteiger partial charge in [0.1, 0.15) is 12.1 Å². The molecule has 3 amide bonds. The molecule has 2 atom stereocenters. The average molecular weight is 344 g/mol. The number of rotatable bonds is 11. The number of amides is 3. The number of nitrogens with one attached hydrogen (secondary N) is 4. The van der Waals surface area contributed by atoms with Gasteiger partial charge in [0.15, 0.2) is 5.96 Å². The number of primary amides is 1. The molecule has 0 aliphatic carbocycles. The first-order valence-electron chi connectivity index (χ1n) is 7.32. The second kappa shape index (κ2) is 10.8. The summed E-state index contributed by atoms with van der Waals surface area (Å²) in [6.45, 7) is 1.78. The summed E-state index contributed by atoms with van der Waals surface area (Å²) in [5.41, 5.74) is 10.2. The number of hydrogen-bond donors (Lipinski definition) is 7. The molecule has 11 nitrogen and oxygen atoms in total. The number of carboxylic acid groups (broad SMARTS) is 1.